The van der Waals surface area contributed by atoms with E-state index >= 15 is 0 Å². The molecule has 0 radical (unpaired) electrons. The Labute approximate surface area is 111 Å². The van der Waals surface area contributed by atoms with Gasteiger partial charge in [0.1, 0.15) is 10.8 Å². The minimum Gasteiger partial charge on any atom is -0.497 e. The van der Waals surface area contributed by atoms with Crippen molar-refractivity contribution in [2.75, 3.05) is 7.11 Å². The number of hydrogen-bond acceptors (Lipinski definition) is 4. The van der Waals surface area contributed by atoms with Crippen molar-refractivity contribution in [1.82, 2.24) is 4.98 Å². The highest BCUT2D eigenvalue weighted by molar-refractivity contribution is 7.99. The molecule has 0 saturated heterocycles. The van der Waals surface area contributed by atoms with Crippen molar-refractivity contribution < 1.29 is 4.74 Å². The van der Waals surface area contributed by atoms with Gasteiger partial charge in [-0.1, -0.05) is 17.8 Å². The molecule has 3 nitrogen and oxygen atoms in total. The van der Waals surface area contributed by atoms with Gasteiger partial charge in [0, 0.05) is 17.1 Å². The lowest BCUT2D eigenvalue weighted by atomic mass is 10.2. The maximum atomic E-state index is 5.67. The SMILES string of the molecule is COc1cccc(Sc2cc(CN)cc(C)n2)c1. The molecule has 4 heteroatoms. The molecule has 0 spiro atoms. The molecule has 0 fully saturated rings. The zero-order chi connectivity index (χ0) is 13.0. The van der Waals surface area contributed by atoms with Crippen molar-refractivity contribution >= 4 is 11.8 Å². The summed E-state index contributed by atoms with van der Waals surface area (Å²) >= 11 is 1.61. The minimum atomic E-state index is 0.537. The van der Waals surface area contributed by atoms with Crippen molar-refractivity contribution in [3.63, 3.8) is 0 Å². The Morgan fingerprint density at radius 3 is 2.83 bits per heavy atom. The number of methoxy groups -OCH3 is 1. The summed E-state index contributed by atoms with van der Waals surface area (Å²) in [5.74, 6) is 0.853. The van der Waals surface area contributed by atoms with Crippen molar-refractivity contribution in [2.24, 2.45) is 5.73 Å². The summed E-state index contributed by atoms with van der Waals surface area (Å²) in [5.41, 5.74) is 7.76. The van der Waals surface area contributed by atoms with Crippen LogP contribution in [-0.4, -0.2) is 12.1 Å². The van der Waals surface area contributed by atoms with Gasteiger partial charge in [0.2, 0.25) is 0 Å². The highest BCUT2D eigenvalue weighted by atomic mass is 32.2. The van der Waals surface area contributed by atoms with Crippen LogP contribution in [0.15, 0.2) is 46.3 Å². The largest absolute Gasteiger partial charge is 0.497 e. The van der Waals surface area contributed by atoms with Gasteiger partial charge in [-0.3, -0.25) is 0 Å². The summed E-state index contributed by atoms with van der Waals surface area (Å²) in [6.07, 6.45) is 0. The summed E-state index contributed by atoms with van der Waals surface area (Å²) in [7, 11) is 1.67. The number of pyridine rings is 1. The van der Waals surface area contributed by atoms with Crippen LogP contribution in [-0.2, 0) is 6.54 Å². The molecule has 2 aromatic rings. The number of nitrogens with zero attached hydrogens (tertiary/aromatic N) is 1. The summed E-state index contributed by atoms with van der Waals surface area (Å²) in [6, 6.07) is 12.0. The summed E-state index contributed by atoms with van der Waals surface area (Å²) in [6.45, 7) is 2.52. The number of nitrogens with two attached hydrogens (primary N) is 1. The van der Waals surface area contributed by atoms with Crippen molar-refractivity contribution in [3.8, 4) is 5.75 Å². The normalized spacial score (nSPS) is 10.4. The molecule has 0 amide bonds. The molecule has 1 aromatic carbocycles. The number of aromatic nitrogens is 1. The van der Waals surface area contributed by atoms with Crippen molar-refractivity contribution in [3.05, 3.63) is 47.7 Å². The number of aryl methyl sites for hydroxylation is 1. The Balaban J connectivity index is 2.24. The van der Waals surface area contributed by atoms with Crippen LogP contribution in [0.25, 0.3) is 0 Å². The second kappa shape index (κ2) is 5.89. The van der Waals surface area contributed by atoms with Crippen LogP contribution in [0.3, 0.4) is 0 Å². The quantitative estimate of drug-likeness (QED) is 0.918. The van der Waals surface area contributed by atoms with Crippen LogP contribution >= 0.6 is 11.8 Å². The van der Waals surface area contributed by atoms with E-state index in [9.17, 15) is 0 Å². The van der Waals surface area contributed by atoms with Gasteiger partial charge >= 0.3 is 0 Å². The number of ether oxygens (including phenoxy) is 1. The van der Waals surface area contributed by atoms with E-state index < -0.39 is 0 Å². The van der Waals surface area contributed by atoms with Gasteiger partial charge in [0.05, 0.1) is 7.11 Å². The molecule has 18 heavy (non-hydrogen) atoms. The Morgan fingerprint density at radius 2 is 2.11 bits per heavy atom. The van der Waals surface area contributed by atoms with Gasteiger partial charge in [-0.2, -0.15) is 0 Å². The molecule has 2 N–H and O–H groups in total. The third-order valence-electron chi connectivity index (χ3n) is 2.49. The van der Waals surface area contributed by atoms with E-state index in [-0.39, 0.29) is 0 Å². The molecule has 0 aliphatic rings. The Hall–Kier alpha value is -1.52. The predicted octanol–water partition coefficient (Wildman–Crippen LogP) is 3.01. The molecule has 0 saturated carbocycles. The number of rotatable bonds is 4. The molecule has 0 atom stereocenters. The van der Waals surface area contributed by atoms with E-state index in [2.05, 4.69) is 4.98 Å². The first kappa shape index (κ1) is 12.9. The van der Waals surface area contributed by atoms with E-state index in [1.54, 1.807) is 18.9 Å². The van der Waals surface area contributed by atoms with Crippen molar-refractivity contribution in [1.29, 1.82) is 0 Å². The molecular weight excluding hydrogens is 244 g/mol. The number of benzene rings is 1. The van der Waals surface area contributed by atoms with Gasteiger partial charge in [-0.15, -0.1) is 0 Å². The van der Waals surface area contributed by atoms with Gasteiger partial charge < -0.3 is 10.5 Å². The molecule has 94 valence electrons. The Kier molecular flexibility index (Phi) is 4.23. The molecule has 0 bridgehead atoms. The Morgan fingerprint density at radius 1 is 1.28 bits per heavy atom. The molecular formula is C14H16N2OS. The molecule has 0 unspecified atom stereocenters. The van der Waals surface area contributed by atoms with E-state index in [4.69, 9.17) is 10.5 Å². The fourth-order valence-electron chi connectivity index (χ4n) is 1.66. The third-order valence-corrected chi connectivity index (χ3v) is 3.40. The highest BCUT2D eigenvalue weighted by Crippen LogP contribution is 2.29. The van der Waals surface area contributed by atoms with E-state index in [0.717, 1.165) is 26.9 Å². The predicted molar refractivity (Wildman–Crippen MR) is 74.0 cm³/mol. The zero-order valence-corrected chi connectivity index (χ0v) is 11.3. The minimum absolute atomic E-state index is 0.537. The fraction of sp³-hybridized carbons (Fsp3) is 0.214. The second-order valence-electron chi connectivity index (χ2n) is 3.94. The van der Waals surface area contributed by atoms with Crippen LogP contribution in [0.2, 0.25) is 0 Å². The fourth-order valence-corrected chi connectivity index (χ4v) is 2.63. The monoisotopic (exact) mass is 260 g/mol. The molecule has 0 aliphatic heterocycles. The zero-order valence-electron chi connectivity index (χ0n) is 10.5. The smallest absolute Gasteiger partial charge is 0.119 e. The third kappa shape index (κ3) is 3.24. The van der Waals surface area contributed by atoms with Crippen LogP contribution in [0.5, 0.6) is 5.75 Å². The lowest BCUT2D eigenvalue weighted by Crippen LogP contribution is -1.98. The van der Waals surface area contributed by atoms with Gasteiger partial charge in [-0.05, 0) is 42.8 Å². The van der Waals surface area contributed by atoms with Gasteiger partial charge in [0.15, 0.2) is 0 Å². The van der Waals surface area contributed by atoms with Crippen molar-refractivity contribution in [2.45, 2.75) is 23.4 Å². The highest BCUT2D eigenvalue weighted by Gasteiger charge is 2.03. The summed E-state index contributed by atoms with van der Waals surface area (Å²) in [5, 5.41) is 0.962. The Bertz CT molecular complexity index is 543. The first-order valence-corrected chi connectivity index (χ1v) is 6.52. The van der Waals surface area contributed by atoms with Gasteiger partial charge in [-0.25, -0.2) is 4.98 Å². The maximum absolute atomic E-state index is 5.67. The van der Waals surface area contributed by atoms with Crippen LogP contribution in [0.4, 0.5) is 0 Å². The lowest BCUT2D eigenvalue weighted by Gasteiger charge is -2.06. The van der Waals surface area contributed by atoms with Crippen LogP contribution in [0.1, 0.15) is 11.3 Å². The van der Waals surface area contributed by atoms with E-state index in [1.807, 2.05) is 43.3 Å². The van der Waals surface area contributed by atoms with E-state index in [1.165, 1.54) is 0 Å². The topological polar surface area (TPSA) is 48.1 Å². The molecule has 2 rings (SSSR count). The first-order chi connectivity index (χ1) is 8.71. The summed E-state index contributed by atoms with van der Waals surface area (Å²) in [4.78, 5) is 5.61. The lowest BCUT2D eigenvalue weighted by molar-refractivity contribution is 0.413. The van der Waals surface area contributed by atoms with Crippen LogP contribution < -0.4 is 10.5 Å². The van der Waals surface area contributed by atoms with Gasteiger partial charge in [0.25, 0.3) is 0 Å². The molecule has 1 aromatic heterocycles. The first-order valence-electron chi connectivity index (χ1n) is 5.71. The molecule has 0 aliphatic carbocycles. The van der Waals surface area contributed by atoms with Crippen LogP contribution in [0, 0.1) is 6.92 Å². The van der Waals surface area contributed by atoms with E-state index in [0.29, 0.717) is 6.54 Å². The standard InChI is InChI=1S/C14H16N2OS/c1-10-6-11(9-15)7-14(16-10)18-13-5-3-4-12(8-13)17-2/h3-8H,9,15H2,1-2H3. The molecule has 1 heterocycles. The maximum Gasteiger partial charge on any atom is 0.119 e. The number of hydrogen-bond donors (Lipinski definition) is 1. The average molecular weight is 260 g/mol. The average Bonchev–Trinajstić information content (AvgIpc) is 2.38. The second-order valence-corrected chi connectivity index (χ2v) is 5.03. The summed E-state index contributed by atoms with van der Waals surface area (Å²) < 4.78 is 5.21.